The molecule has 0 amide bonds. The molecule has 0 unspecified atom stereocenters. The summed E-state index contributed by atoms with van der Waals surface area (Å²) in [6.07, 6.45) is 13.1. The van der Waals surface area contributed by atoms with Gasteiger partial charge in [-0.2, -0.15) is 9.97 Å². The molecule has 6 aromatic rings. The van der Waals surface area contributed by atoms with E-state index in [1.807, 2.05) is 94.3 Å². The maximum absolute atomic E-state index is 12.1. The fourth-order valence-corrected chi connectivity index (χ4v) is 4.90. The van der Waals surface area contributed by atoms with Gasteiger partial charge in [0.25, 0.3) is 0 Å². The third-order valence-corrected chi connectivity index (χ3v) is 7.70. The van der Waals surface area contributed by atoms with Gasteiger partial charge in [-0.05, 0) is 86.3 Å². The number of rotatable bonds is 13. The van der Waals surface area contributed by atoms with Crippen molar-refractivity contribution in [3.63, 3.8) is 0 Å². The standard InChI is InChI=1S/C18H19FN4O.C17H17FN4O/c19-9-1-11-24-15-6-2-13(3-7-15)16-12-23-10-8-17(20-14-4-5-14)22-18(23)21-16;18-8-10-23-14-5-1-12(2-6-14)15-11-22-9-7-16(19-13-3-4-13)21-17(22)20-15/h2-3,6-8,10,12,14H,1,4-5,9,11H2,(H,20,21,22);1-2,5-7,9,11,13H,3-4,8,10H2,(H,19,20,21). The molecule has 47 heavy (non-hydrogen) atoms. The number of nitrogens with zero attached hydrogens (tertiary/aromatic N) is 6. The molecule has 0 saturated heterocycles. The van der Waals surface area contributed by atoms with E-state index in [-0.39, 0.29) is 13.3 Å². The van der Waals surface area contributed by atoms with Crippen LogP contribution in [0.2, 0.25) is 0 Å². The van der Waals surface area contributed by atoms with E-state index in [2.05, 4.69) is 30.6 Å². The van der Waals surface area contributed by atoms with Gasteiger partial charge >= 0.3 is 0 Å². The number of aromatic nitrogens is 6. The Balaban J connectivity index is 0.000000150. The highest BCUT2D eigenvalue weighted by atomic mass is 19.1. The van der Waals surface area contributed by atoms with Gasteiger partial charge in [0, 0.05) is 54.4 Å². The minimum Gasteiger partial charge on any atom is -0.493 e. The number of hydrogen-bond acceptors (Lipinski definition) is 8. The molecule has 4 heterocycles. The second kappa shape index (κ2) is 14.0. The summed E-state index contributed by atoms with van der Waals surface area (Å²) in [6.45, 7) is -0.375. The van der Waals surface area contributed by atoms with Crippen LogP contribution in [0.4, 0.5) is 20.4 Å². The van der Waals surface area contributed by atoms with Gasteiger partial charge in [-0.1, -0.05) is 0 Å². The van der Waals surface area contributed by atoms with E-state index in [0.29, 0.717) is 42.4 Å². The number of benzene rings is 2. The Morgan fingerprint density at radius 3 is 1.49 bits per heavy atom. The average Bonchev–Trinajstić information content (AvgIpc) is 4.01. The fraction of sp³-hybridized carbons (Fsp3) is 0.314. The van der Waals surface area contributed by atoms with Crippen LogP contribution in [0, 0.1) is 0 Å². The van der Waals surface area contributed by atoms with Gasteiger partial charge in [0.1, 0.15) is 36.4 Å². The highest BCUT2D eigenvalue weighted by molar-refractivity contribution is 5.64. The van der Waals surface area contributed by atoms with E-state index in [1.165, 1.54) is 25.7 Å². The van der Waals surface area contributed by atoms with Gasteiger partial charge in [-0.25, -0.2) is 14.4 Å². The Kier molecular flexibility index (Phi) is 9.07. The third-order valence-electron chi connectivity index (χ3n) is 7.70. The Hall–Kier alpha value is -5.26. The molecule has 2 aliphatic carbocycles. The van der Waals surface area contributed by atoms with Crippen molar-refractivity contribution in [2.75, 3.05) is 37.2 Å². The van der Waals surface area contributed by atoms with Crippen molar-refractivity contribution in [2.45, 2.75) is 44.2 Å². The predicted molar refractivity (Wildman–Crippen MR) is 178 cm³/mol. The van der Waals surface area contributed by atoms with Gasteiger partial charge in [0.05, 0.1) is 24.7 Å². The van der Waals surface area contributed by atoms with Gasteiger partial charge < -0.3 is 20.1 Å². The third kappa shape index (κ3) is 7.94. The first kappa shape index (κ1) is 30.4. The number of anilines is 2. The highest BCUT2D eigenvalue weighted by Gasteiger charge is 2.22. The fourth-order valence-electron chi connectivity index (χ4n) is 4.90. The molecule has 2 aliphatic rings. The molecule has 242 valence electrons. The van der Waals surface area contributed by atoms with E-state index >= 15 is 0 Å². The summed E-state index contributed by atoms with van der Waals surface area (Å²) in [6, 6.07) is 20.2. The van der Waals surface area contributed by atoms with E-state index in [4.69, 9.17) is 9.47 Å². The van der Waals surface area contributed by atoms with Crippen molar-refractivity contribution < 1.29 is 18.3 Å². The Labute approximate surface area is 270 Å². The van der Waals surface area contributed by atoms with Crippen molar-refractivity contribution in [2.24, 2.45) is 0 Å². The lowest BCUT2D eigenvalue weighted by Gasteiger charge is -2.04. The molecule has 2 fully saturated rings. The maximum atomic E-state index is 12.1. The van der Waals surface area contributed by atoms with Crippen molar-refractivity contribution in [1.29, 1.82) is 0 Å². The Morgan fingerprint density at radius 1 is 0.596 bits per heavy atom. The highest BCUT2D eigenvalue weighted by Crippen LogP contribution is 2.27. The number of hydrogen-bond donors (Lipinski definition) is 2. The van der Waals surface area contributed by atoms with Gasteiger partial charge in [0.15, 0.2) is 0 Å². The first-order valence-corrected chi connectivity index (χ1v) is 16.0. The molecular weight excluding hydrogens is 602 g/mol. The smallest absolute Gasteiger partial charge is 0.236 e. The number of halogens is 2. The zero-order valence-corrected chi connectivity index (χ0v) is 25.9. The second-order valence-electron chi connectivity index (χ2n) is 11.6. The SMILES string of the molecule is FCCCOc1ccc(-c2cn3ccc(NC4CC4)nc3n2)cc1.FCCOc1ccc(-c2cn3ccc(NC4CC4)nc3n2)cc1. The normalized spacial score (nSPS) is 14.1. The Morgan fingerprint density at radius 2 is 1.06 bits per heavy atom. The van der Waals surface area contributed by atoms with Crippen LogP contribution in [0.25, 0.3) is 34.1 Å². The minimum atomic E-state index is -0.489. The number of ether oxygens (including phenoxy) is 2. The van der Waals surface area contributed by atoms with Crippen LogP contribution < -0.4 is 20.1 Å². The van der Waals surface area contributed by atoms with Crippen LogP contribution in [0.3, 0.4) is 0 Å². The van der Waals surface area contributed by atoms with Crippen molar-refractivity contribution in [3.05, 3.63) is 85.5 Å². The van der Waals surface area contributed by atoms with Crippen LogP contribution in [0.5, 0.6) is 11.5 Å². The van der Waals surface area contributed by atoms with Gasteiger partial charge in [-0.3, -0.25) is 13.2 Å². The first-order chi connectivity index (χ1) is 23.1. The van der Waals surface area contributed by atoms with Crippen LogP contribution in [0.15, 0.2) is 85.5 Å². The van der Waals surface area contributed by atoms with Crippen LogP contribution >= 0.6 is 0 Å². The summed E-state index contributed by atoms with van der Waals surface area (Å²) in [5.74, 6) is 4.49. The van der Waals surface area contributed by atoms with Crippen molar-refractivity contribution in [1.82, 2.24) is 28.7 Å². The molecule has 0 bridgehead atoms. The molecule has 2 N–H and O–H groups in total. The van der Waals surface area contributed by atoms with E-state index in [9.17, 15) is 8.78 Å². The number of imidazole rings is 2. The predicted octanol–water partition coefficient (Wildman–Crippen LogP) is 7.03. The Bertz CT molecular complexity index is 1920. The topological polar surface area (TPSA) is 103 Å². The van der Waals surface area contributed by atoms with Crippen molar-refractivity contribution in [3.8, 4) is 34.0 Å². The molecule has 12 heteroatoms. The van der Waals surface area contributed by atoms with E-state index < -0.39 is 6.67 Å². The summed E-state index contributed by atoms with van der Waals surface area (Å²) in [7, 11) is 0. The maximum Gasteiger partial charge on any atom is 0.236 e. The van der Waals surface area contributed by atoms with Crippen LogP contribution in [-0.4, -0.2) is 67.4 Å². The second-order valence-corrected chi connectivity index (χ2v) is 11.6. The van der Waals surface area contributed by atoms with Gasteiger partial charge in [-0.15, -0.1) is 0 Å². The number of fused-ring (bicyclic) bond motifs is 2. The zero-order valence-electron chi connectivity index (χ0n) is 25.9. The van der Waals surface area contributed by atoms with Gasteiger partial charge in [0.2, 0.25) is 11.6 Å². The van der Waals surface area contributed by atoms with E-state index in [0.717, 1.165) is 39.9 Å². The summed E-state index contributed by atoms with van der Waals surface area (Å²) < 4.78 is 38.7. The summed E-state index contributed by atoms with van der Waals surface area (Å²) in [5, 5.41) is 6.75. The molecule has 4 aromatic heterocycles. The lowest BCUT2D eigenvalue weighted by Crippen LogP contribution is -2.03. The zero-order chi connectivity index (χ0) is 32.0. The number of nitrogens with one attached hydrogen (secondary N) is 2. The average molecular weight is 639 g/mol. The van der Waals surface area contributed by atoms with Crippen molar-refractivity contribution >= 4 is 23.2 Å². The minimum absolute atomic E-state index is 0.0778. The molecule has 0 aliphatic heterocycles. The largest absolute Gasteiger partial charge is 0.493 e. The molecule has 0 atom stereocenters. The first-order valence-electron chi connectivity index (χ1n) is 16.0. The lowest BCUT2D eigenvalue weighted by molar-refractivity contribution is 0.273. The summed E-state index contributed by atoms with van der Waals surface area (Å²) >= 11 is 0. The molecule has 8 rings (SSSR count). The molecule has 2 saturated carbocycles. The summed E-state index contributed by atoms with van der Waals surface area (Å²) in [4.78, 5) is 18.3. The molecule has 10 nitrogen and oxygen atoms in total. The molecule has 2 aromatic carbocycles. The summed E-state index contributed by atoms with van der Waals surface area (Å²) in [5.41, 5.74) is 3.68. The number of alkyl halides is 2. The quantitative estimate of drug-likeness (QED) is 0.130. The molecular formula is C35H36F2N8O2. The molecule has 0 spiro atoms. The monoisotopic (exact) mass is 638 g/mol. The lowest BCUT2D eigenvalue weighted by atomic mass is 10.2. The van der Waals surface area contributed by atoms with E-state index in [1.54, 1.807) is 0 Å². The molecule has 0 radical (unpaired) electrons. The van der Waals surface area contributed by atoms with Crippen LogP contribution in [-0.2, 0) is 0 Å². The van der Waals surface area contributed by atoms with Crippen LogP contribution in [0.1, 0.15) is 32.1 Å².